The van der Waals surface area contributed by atoms with Crippen LogP contribution in [0.4, 0.5) is 0 Å². The minimum absolute atomic E-state index is 0.114. The highest BCUT2D eigenvalue weighted by Gasteiger charge is 2.27. The molecule has 2 unspecified atom stereocenters. The fraction of sp³-hybridized carbons (Fsp3) is 0.421. The summed E-state index contributed by atoms with van der Waals surface area (Å²) >= 11 is 0. The molecule has 3 rings (SSSR count). The molecular formula is C19H23N3O. The predicted octanol–water partition coefficient (Wildman–Crippen LogP) is 3.25. The second-order valence-electron chi connectivity index (χ2n) is 6.17. The predicted molar refractivity (Wildman–Crippen MR) is 89.9 cm³/mol. The van der Waals surface area contributed by atoms with E-state index in [1.807, 2.05) is 6.07 Å². The standard InChI is InChI=1S/C19H23N3O/c23-19(11-10-16-14-20-12-13-21-16)22-18-9-5-4-8-17(18)15-6-2-1-3-7-15/h1-3,6-7,12-14,17-18H,4-5,8-11H2,(H,22,23). The molecule has 1 fully saturated rings. The third kappa shape index (κ3) is 4.38. The van der Waals surface area contributed by atoms with Crippen molar-refractivity contribution in [2.75, 3.05) is 0 Å². The molecule has 120 valence electrons. The topological polar surface area (TPSA) is 54.9 Å². The molecule has 4 nitrogen and oxygen atoms in total. The van der Waals surface area contributed by atoms with E-state index in [9.17, 15) is 4.79 Å². The van der Waals surface area contributed by atoms with Crippen LogP contribution in [0.5, 0.6) is 0 Å². The molecule has 0 radical (unpaired) electrons. The number of aromatic nitrogens is 2. The van der Waals surface area contributed by atoms with Crippen LogP contribution in [0.15, 0.2) is 48.9 Å². The number of carbonyl (C=O) groups is 1. The second kappa shape index (κ2) is 7.86. The van der Waals surface area contributed by atoms with E-state index in [4.69, 9.17) is 0 Å². The van der Waals surface area contributed by atoms with Gasteiger partial charge in [0, 0.05) is 37.0 Å². The van der Waals surface area contributed by atoms with Crippen LogP contribution in [0, 0.1) is 0 Å². The average molecular weight is 309 g/mol. The summed E-state index contributed by atoms with van der Waals surface area (Å²) in [7, 11) is 0. The first-order chi connectivity index (χ1) is 11.3. The Hall–Kier alpha value is -2.23. The maximum Gasteiger partial charge on any atom is 0.220 e. The quantitative estimate of drug-likeness (QED) is 0.922. The van der Waals surface area contributed by atoms with E-state index in [0.717, 1.165) is 18.5 Å². The van der Waals surface area contributed by atoms with E-state index in [1.165, 1.54) is 18.4 Å². The normalized spacial score (nSPS) is 20.9. The van der Waals surface area contributed by atoms with Gasteiger partial charge in [-0.15, -0.1) is 0 Å². The van der Waals surface area contributed by atoms with E-state index in [1.54, 1.807) is 18.6 Å². The van der Waals surface area contributed by atoms with Crippen LogP contribution in [-0.2, 0) is 11.2 Å². The van der Waals surface area contributed by atoms with Gasteiger partial charge in [0.1, 0.15) is 0 Å². The lowest BCUT2D eigenvalue weighted by molar-refractivity contribution is -0.122. The third-order valence-corrected chi connectivity index (χ3v) is 4.56. The molecule has 1 aromatic heterocycles. The summed E-state index contributed by atoms with van der Waals surface area (Å²) in [6.07, 6.45) is 10.8. The summed E-state index contributed by atoms with van der Waals surface area (Å²) in [5, 5.41) is 3.25. The third-order valence-electron chi connectivity index (χ3n) is 4.56. The summed E-state index contributed by atoms with van der Waals surface area (Å²) < 4.78 is 0. The van der Waals surface area contributed by atoms with Gasteiger partial charge in [0.2, 0.25) is 5.91 Å². The fourth-order valence-electron chi connectivity index (χ4n) is 3.38. The lowest BCUT2D eigenvalue weighted by Crippen LogP contribution is -2.41. The molecule has 1 aliphatic carbocycles. The molecule has 0 saturated heterocycles. The first-order valence-electron chi connectivity index (χ1n) is 8.42. The van der Waals surface area contributed by atoms with Gasteiger partial charge in [-0.1, -0.05) is 43.2 Å². The van der Waals surface area contributed by atoms with E-state index in [-0.39, 0.29) is 11.9 Å². The molecule has 1 aliphatic rings. The molecule has 23 heavy (non-hydrogen) atoms. The highest BCUT2D eigenvalue weighted by molar-refractivity contribution is 5.76. The zero-order valence-corrected chi connectivity index (χ0v) is 13.3. The van der Waals surface area contributed by atoms with E-state index < -0.39 is 0 Å². The maximum absolute atomic E-state index is 12.3. The second-order valence-corrected chi connectivity index (χ2v) is 6.17. The number of rotatable bonds is 5. The number of carbonyl (C=O) groups excluding carboxylic acids is 1. The van der Waals surface area contributed by atoms with Crippen LogP contribution < -0.4 is 5.32 Å². The molecule has 1 aromatic carbocycles. The SMILES string of the molecule is O=C(CCc1cnccn1)NC1CCCCC1c1ccccc1. The van der Waals surface area contributed by atoms with E-state index in [0.29, 0.717) is 18.8 Å². The maximum atomic E-state index is 12.3. The molecule has 0 aliphatic heterocycles. The largest absolute Gasteiger partial charge is 0.353 e. The Bertz CT molecular complexity index is 615. The van der Waals surface area contributed by atoms with Crippen LogP contribution >= 0.6 is 0 Å². The molecule has 2 aromatic rings. The minimum atomic E-state index is 0.114. The first-order valence-corrected chi connectivity index (χ1v) is 8.42. The number of benzene rings is 1. The summed E-state index contributed by atoms with van der Waals surface area (Å²) in [5.74, 6) is 0.550. The number of amides is 1. The van der Waals surface area contributed by atoms with E-state index in [2.05, 4.69) is 39.6 Å². The summed E-state index contributed by atoms with van der Waals surface area (Å²) in [6.45, 7) is 0. The number of aryl methyl sites for hydroxylation is 1. The molecule has 0 bridgehead atoms. The Balaban J connectivity index is 1.57. The van der Waals surface area contributed by atoms with Crippen LogP contribution in [0.2, 0.25) is 0 Å². The molecule has 0 spiro atoms. The first kappa shape index (κ1) is 15.7. The zero-order valence-electron chi connectivity index (χ0n) is 13.3. The molecule has 1 amide bonds. The number of nitrogens with zero attached hydrogens (tertiary/aromatic N) is 2. The Morgan fingerprint density at radius 1 is 1.13 bits per heavy atom. The van der Waals surface area contributed by atoms with Crippen molar-refractivity contribution in [3.05, 3.63) is 60.2 Å². The zero-order chi connectivity index (χ0) is 15.9. The summed E-state index contributed by atoms with van der Waals surface area (Å²) in [5.41, 5.74) is 2.21. The van der Waals surface area contributed by atoms with Crippen molar-refractivity contribution in [3.63, 3.8) is 0 Å². The van der Waals surface area contributed by atoms with Gasteiger partial charge in [-0.25, -0.2) is 0 Å². The van der Waals surface area contributed by atoms with Gasteiger partial charge in [0.25, 0.3) is 0 Å². The average Bonchev–Trinajstić information content (AvgIpc) is 2.62. The highest BCUT2D eigenvalue weighted by atomic mass is 16.1. The van der Waals surface area contributed by atoms with Crippen LogP contribution in [0.3, 0.4) is 0 Å². The van der Waals surface area contributed by atoms with Gasteiger partial charge >= 0.3 is 0 Å². The Kier molecular flexibility index (Phi) is 5.35. The molecule has 1 saturated carbocycles. The monoisotopic (exact) mass is 309 g/mol. The van der Waals surface area contributed by atoms with Gasteiger partial charge in [-0.05, 0) is 24.8 Å². The van der Waals surface area contributed by atoms with Crippen molar-refractivity contribution in [3.8, 4) is 0 Å². The smallest absolute Gasteiger partial charge is 0.220 e. The van der Waals surface area contributed by atoms with Crippen molar-refractivity contribution in [2.24, 2.45) is 0 Å². The van der Waals surface area contributed by atoms with Crippen molar-refractivity contribution in [2.45, 2.75) is 50.5 Å². The van der Waals surface area contributed by atoms with Crippen molar-refractivity contribution < 1.29 is 4.79 Å². The molecule has 1 heterocycles. The molecule has 4 heteroatoms. The number of hydrogen-bond acceptors (Lipinski definition) is 3. The van der Waals surface area contributed by atoms with Gasteiger partial charge in [0.05, 0.1) is 5.69 Å². The van der Waals surface area contributed by atoms with Crippen molar-refractivity contribution >= 4 is 5.91 Å². The Morgan fingerprint density at radius 2 is 1.96 bits per heavy atom. The Morgan fingerprint density at radius 3 is 2.74 bits per heavy atom. The van der Waals surface area contributed by atoms with Gasteiger partial charge in [-0.3, -0.25) is 14.8 Å². The molecule has 2 atom stereocenters. The van der Waals surface area contributed by atoms with Gasteiger partial charge in [-0.2, -0.15) is 0 Å². The van der Waals surface area contributed by atoms with Gasteiger partial charge < -0.3 is 5.32 Å². The minimum Gasteiger partial charge on any atom is -0.353 e. The molecular weight excluding hydrogens is 286 g/mol. The van der Waals surface area contributed by atoms with Crippen molar-refractivity contribution in [1.29, 1.82) is 0 Å². The number of hydrogen-bond donors (Lipinski definition) is 1. The van der Waals surface area contributed by atoms with E-state index >= 15 is 0 Å². The lowest BCUT2D eigenvalue weighted by atomic mass is 9.80. The fourth-order valence-corrected chi connectivity index (χ4v) is 3.38. The molecule has 1 N–H and O–H groups in total. The lowest BCUT2D eigenvalue weighted by Gasteiger charge is -2.32. The summed E-state index contributed by atoms with van der Waals surface area (Å²) in [6, 6.07) is 10.8. The Labute approximate surface area is 137 Å². The summed E-state index contributed by atoms with van der Waals surface area (Å²) in [4.78, 5) is 20.6. The van der Waals surface area contributed by atoms with Crippen LogP contribution in [0.25, 0.3) is 0 Å². The van der Waals surface area contributed by atoms with Crippen LogP contribution in [0.1, 0.15) is 49.3 Å². The number of nitrogens with one attached hydrogen (secondary N) is 1. The highest BCUT2D eigenvalue weighted by Crippen LogP contribution is 2.33. The van der Waals surface area contributed by atoms with Crippen molar-refractivity contribution in [1.82, 2.24) is 15.3 Å². The van der Waals surface area contributed by atoms with Gasteiger partial charge in [0.15, 0.2) is 0 Å². The van der Waals surface area contributed by atoms with Crippen LogP contribution in [-0.4, -0.2) is 21.9 Å².